The fourth-order valence-corrected chi connectivity index (χ4v) is 4.16. The van der Waals surface area contributed by atoms with Crippen molar-refractivity contribution in [2.45, 2.75) is 39.5 Å². The minimum atomic E-state index is -3.19. The first-order chi connectivity index (χ1) is 13.2. The molecule has 0 fully saturated rings. The van der Waals surface area contributed by atoms with Gasteiger partial charge in [-0.15, -0.1) is 0 Å². The zero-order valence-electron chi connectivity index (χ0n) is 16.1. The molecular weight excluding hydrogens is 364 g/mol. The predicted molar refractivity (Wildman–Crippen MR) is 104 cm³/mol. The van der Waals surface area contributed by atoms with Gasteiger partial charge in [-0.1, -0.05) is 49.2 Å². The van der Waals surface area contributed by atoms with E-state index in [1.807, 2.05) is 13.8 Å². The van der Waals surface area contributed by atoms with E-state index in [9.17, 15) is 0 Å². The van der Waals surface area contributed by atoms with Crippen LogP contribution >= 0.6 is 0 Å². The van der Waals surface area contributed by atoms with Gasteiger partial charge in [-0.3, -0.25) is 0 Å². The van der Waals surface area contributed by atoms with Crippen LogP contribution in [-0.2, 0) is 11.8 Å². The van der Waals surface area contributed by atoms with Crippen LogP contribution in [0.1, 0.15) is 47.2 Å². The van der Waals surface area contributed by atoms with Crippen molar-refractivity contribution >= 4 is 0 Å². The van der Waals surface area contributed by atoms with E-state index in [1.54, 1.807) is 38.1 Å². The molecule has 5 rings (SSSR count). The van der Waals surface area contributed by atoms with Crippen molar-refractivity contribution in [3.63, 3.8) is 0 Å². The lowest BCUT2D eigenvalue weighted by Crippen LogP contribution is -2.13. The van der Waals surface area contributed by atoms with Crippen LogP contribution in [0.3, 0.4) is 0 Å². The Hall–Kier alpha value is -2.62. The summed E-state index contributed by atoms with van der Waals surface area (Å²) in [6, 6.07) is 12.1. The fraction of sp³-hybridized carbons (Fsp3) is 0.250. The molecule has 0 saturated heterocycles. The molecule has 0 radical (unpaired) electrons. The summed E-state index contributed by atoms with van der Waals surface area (Å²) in [5, 5.41) is 0. The molecule has 0 N–H and O–H groups in total. The van der Waals surface area contributed by atoms with Crippen LogP contribution in [0.25, 0.3) is 22.3 Å². The Kier molecular flexibility index (Phi) is 3.97. The van der Waals surface area contributed by atoms with Gasteiger partial charge in [-0.05, 0) is 60.4 Å². The van der Waals surface area contributed by atoms with Crippen LogP contribution in [0, 0.1) is 13.8 Å². The first-order valence-electron chi connectivity index (χ1n) is 9.39. The highest BCUT2D eigenvalue weighted by molar-refractivity contribution is 5.88. The van der Waals surface area contributed by atoms with E-state index in [0.29, 0.717) is 11.1 Å². The molecule has 144 valence electrons. The summed E-state index contributed by atoms with van der Waals surface area (Å²) < 4.78 is 60.1. The summed E-state index contributed by atoms with van der Waals surface area (Å²) in [5.74, 6) is -6.37. The standard InChI is InChI=1S/C22H14F4.C2H6/c1-11-3-5-13-15-9-20-16(10-19(15)21(23,24)17(13)7-11)14-6-4-12(2)8-18(14)22(20,25)26;1-2/h3-10H,1-2H3;1-2H3. The summed E-state index contributed by atoms with van der Waals surface area (Å²) in [6.45, 7) is 7.48. The molecule has 0 nitrogen and oxygen atoms in total. The van der Waals surface area contributed by atoms with E-state index in [0.717, 1.165) is 11.1 Å². The van der Waals surface area contributed by atoms with Gasteiger partial charge >= 0.3 is 0 Å². The SMILES string of the molecule is CC.Cc1ccc2c(c1)C(F)(F)c1cc3c(cc1-2)C(F)(F)c1cc(C)ccc1-3. The van der Waals surface area contributed by atoms with Crippen molar-refractivity contribution in [3.05, 3.63) is 81.9 Å². The third-order valence-corrected chi connectivity index (χ3v) is 5.44. The molecule has 0 aromatic heterocycles. The maximum Gasteiger partial charge on any atom is 0.299 e. The Labute approximate surface area is 161 Å². The Morgan fingerprint density at radius 1 is 0.500 bits per heavy atom. The van der Waals surface area contributed by atoms with Gasteiger partial charge in [0.2, 0.25) is 0 Å². The van der Waals surface area contributed by atoms with Crippen LogP contribution in [0.15, 0.2) is 48.5 Å². The van der Waals surface area contributed by atoms with E-state index in [4.69, 9.17) is 0 Å². The Bertz CT molecular complexity index is 1020. The van der Waals surface area contributed by atoms with Gasteiger partial charge in [-0.2, -0.15) is 17.6 Å². The molecule has 2 aliphatic carbocycles. The number of hydrogen-bond donors (Lipinski definition) is 0. The zero-order valence-corrected chi connectivity index (χ0v) is 16.1. The number of alkyl halides is 4. The second kappa shape index (κ2) is 5.94. The molecular formula is C24H20F4. The van der Waals surface area contributed by atoms with Gasteiger partial charge in [0.1, 0.15) is 0 Å². The van der Waals surface area contributed by atoms with E-state index in [-0.39, 0.29) is 33.4 Å². The van der Waals surface area contributed by atoms with E-state index >= 15 is 17.6 Å². The molecule has 0 heterocycles. The first-order valence-corrected chi connectivity index (χ1v) is 9.39. The molecule has 28 heavy (non-hydrogen) atoms. The minimum absolute atomic E-state index is 0.108. The lowest BCUT2D eigenvalue weighted by Gasteiger charge is -2.15. The number of rotatable bonds is 0. The molecule has 0 amide bonds. The topological polar surface area (TPSA) is 0 Å². The molecule has 0 aliphatic heterocycles. The molecule has 3 aromatic rings. The molecule has 2 aliphatic rings. The van der Waals surface area contributed by atoms with Crippen LogP contribution in [-0.4, -0.2) is 0 Å². The first kappa shape index (κ1) is 18.7. The molecule has 0 unspecified atom stereocenters. The lowest BCUT2D eigenvalue weighted by atomic mass is 9.96. The van der Waals surface area contributed by atoms with Crippen molar-refractivity contribution < 1.29 is 17.6 Å². The van der Waals surface area contributed by atoms with Gasteiger partial charge in [0.05, 0.1) is 0 Å². The quantitative estimate of drug-likeness (QED) is 0.351. The van der Waals surface area contributed by atoms with E-state index in [1.165, 1.54) is 24.3 Å². The van der Waals surface area contributed by atoms with Gasteiger partial charge < -0.3 is 0 Å². The molecule has 4 heteroatoms. The average Bonchev–Trinajstić information content (AvgIpc) is 3.02. The molecule has 0 spiro atoms. The van der Waals surface area contributed by atoms with Gasteiger partial charge in [0.15, 0.2) is 0 Å². The number of benzene rings is 3. The van der Waals surface area contributed by atoms with Crippen LogP contribution in [0.4, 0.5) is 17.6 Å². The largest absolute Gasteiger partial charge is 0.299 e. The normalized spacial score (nSPS) is 16.4. The number of halogens is 4. The highest BCUT2D eigenvalue weighted by Gasteiger charge is 2.50. The molecule has 3 aromatic carbocycles. The summed E-state index contributed by atoms with van der Waals surface area (Å²) in [4.78, 5) is 0. The molecule has 0 bridgehead atoms. The predicted octanol–water partition coefficient (Wildman–Crippen LogP) is 7.57. The second-order valence-electron chi connectivity index (χ2n) is 7.19. The second-order valence-corrected chi connectivity index (χ2v) is 7.19. The Morgan fingerprint density at radius 2 is 0.821 bits per heavy atom. The number of hydrogen-bond acceptors (Lipinski definition) is 0. The highest BCUT2D eigenvalue weighted by Crippen LogP contribution is 2.58. The maximum absolute atomic E-state index is 15.0. The average molecular weight is 384 g/mol. The minimum Gasteiger partial charge on any atom is -0.196 e. The van der Waals surface area contributed by atoms with Crippen LogP contribution < -0.4 is 0 Å². The van der Waals surface area contributed by atoms with Gasteiger partial charge in [-0.25, -0.2) is 0 Å². The summed E-state index contributed by atoms with van der Waals surface area (Å²) in [7, 11) is 0. The van der Waals surface area contributed by atoms with Gasteiger partial charge in [0, 0.05) is 22.3 Å². The smallest absolute Gasteiger partial charge is 0.196 e. The molecule has 0 atom stereocenters. The van der Waals surface area contributed by atoms with Crippen LogP contribution in [0.5, 0.6) is 0 Å². The van der Waals surface area contributed by atoms with Crippen molar-refractivity contribution in [1.29, 1.82) is 0 Å². The van der Waals surface area contributed by atoms with Gasteiger partial charge in [0.25, 0.3) is 11.8 Å². The highest BCUT2D eigenvalue weighted by atomic mass is 19.3. The Morgan fingerprint density at radius 3 is 1.18 bits per heavy atom. The monoisotopic (exact) mass is 384 g/mol. The van der Waals surface area contributed by atoms with Crippen molar-refractivity contribution in [1.82, 2.24) is 0 Å². The van der Waals surface area contributed by atoms with Crippen LogP contribution in [0.2, 0.25) is 0 Å². The number of aryl methyl sites for hydroxylation is 2. The Balaban J connectivity index is 0.000000932. The van der Waals surface area contributed by atoms with Crippen molar-refractivity contribution in [3.8, 4) is 22.3 Å². The summed E-state index contributed by atoms with van der Waals surface area (Å²) in [5.41, 5.74) is 1.91. The molecule has 0 saturated carbocycles. The third kappa shape index (κ3) is 2.30. The van der Waals surface area contributed by atoms with E-state index in [2.05, 4.69) is 0 Å². The lowest BCUT2D eigenvalue weighted by molar-refractivity contribution is 0.0450. The third-order valence-electron chi connectivity index (χ3n) is 5.44. The van der Waals surface area contributed by atoms with E-state index < -0.39 is 11.8 Å². The van der Waals surface area contributed by atoms with Crippen molar-refractivity contribution in [2.75, 3.05) is 0 Å². The summed E-state index contributed by atoms with van der Waals surface area (Å²) in [6.07, 6.45) is 0. The maximum atomic E-state index is 15.0. The fourth-order valence-electron chi connectivity index (χ4n) is 4.16. The number of fused-ring (bicyclic) bond motifs is 6. The zero-order chi connectivity index (χ0) is 20.4. The van der Waals surface area contributed by atoms with Crippen molar-refractivity contribution in [2.24, 2.45) is 0 Å². The summed E-state index contributed by atoms with van der Waals surface area (Å²) >= 11 is 0.